The number of para-hydroxylation sites is 1. The van der Waals surface area contributed by atoms with E-state index in [1.165, 1.54) is 51.5 Å². The molecule has 4 rings (SSSR count). The van der Waals surface area contributed by atoms with Gasteiger partial charge in [-0.15, -0.1) is 0 Å². The van der Waals surface area contributed by atoms with E-state index in [2.05, 4.69) is 0 Å². The normalized spacial score (nSPS) is 33.8. The molecule has 22 heavy (non-hydrogen) atoms. The molecule has 2 bridgehead atoms. The predicted octanol–water partition coefficient (Wildman–Crippen LogP) is 4.04. The van der Waals surface area contributed by atoms with E-state index in [0.29, 0.717) is 5.69 Å². The number of nitro benzene ring substituents is 1. The van der Waals surface area contributed by atoms with Gasteiger partial charge in [0.25, 0.3) is 5.69 Å². The first kappa shape index (κ1) is 14.2. The quantitative estimate of drug-likeness (QED) is 0.468. The highest BCUT2D eigenvalue weighted by molar-refractivity contribution is 5.39. The molecule has 2 unspecified atom stereocenters. The highest BCUT2D eigenvalue weighted by Crippen LogP contribution is 2.48. The third kappa shape index (κ3) is 2.34. The summed E-state index contributed by atoms with van der Waals surface area (Å²) in [6.07, 6.45) is 9.41. The molecule has 2 heterocycles. The van der Waals surface area contributed by atoms with Gasteiger partial charge in [0.05, 0.1) is 29.1 Å². The van der Waals surface area contributed by atoms with E-state index >= 15 is 0 Å². The van der Waals surface area contributed by atoms with Gasteiger partial charge >= 0.3 is 0 Å². The van der Waals surface area contributed by atoms with Gasteiger partial charge < -0.3 is 4.48 Å². The van der Waals surface area contributed by atoms with Crippen LogP contribution in [0.2, 0.25) is 0 Å². The summed E-state index contributed by atoms with van der Waals surface area (Å²) < 4.78 is 1.16. The molecule has 2 saturated heterocycles. The second kappa shape index (κ2) is 5.34. The maximum Gasteiger partial charge on any atom is 0.278 e. The lowest BCUT2D eigenvalue weighted by atomic mass is 9.95. The van der Waals surface area contributed by atoms with Crippen molar-refractivity contribution in [1.82, 2.24) is 0 Å². The number of hydrogen-bond donors (Lipinski definition) is 0. The van der Waals surface area contributed by atoms with Gasteiger partial charge in [-0.3, -0.25) is 10.1 Å². The monoisotopic (exact) mass is 301 g/mol. The lowest BCUT2D eigenvalue weighted by Gasteiger charge is -2.48. The molecule has 2 aliphatic heterocycles. The third-order valence-corrected chi connectivity index (χ3v) is 6.31. The Morgan fingerprint density at radius 3 is 2.36 bits per heavy atom. The van der Waals surface area contributed by atoms with Crippen molar-refractivity contribution >= 4 is 5.69 Å². The minimum Gasteiger partial charge on any atom is -0.315 e. The Hall–Kier alpha value is -1.42. The summed E-state index contributed by atoms with van der Waals surface area (Å²) in [6.45, 7) is 2.14. The molecule has 0 radical (unpaired) electrons. The zero-order chi connectivity index (χ0) is 15.2. The van der Waals surface area contributed by atoms with Crippen LogP contribution in [0, 0.1) is 16.0 Å². The number of nitrogens with zero attached hydrogens (tertiary/aromatic N) is 2. The number of piperidine rings is 1. The molecule has 4 nitrogen and oxygen atoms in total. The molecule has 4 heteroatoms. The minimum absolute atomic E-state index is 0.200. The minimum atomic E-state index is -0.200. The van der Waals surface area contributed by atoms with Crippen molar-refractivity contribution in [3.8, 4) is 0 Å². The molecular weight excluding hydrogens is 276 g/mol. The molecule has 2 atom stereocenters. The zero-order valence-electron chi connectivity index (χ0n) is 13.1. The van der Waals surface area contributed by atoms with Gasteiger partial charge in [0, 0.05) is 24.8 Å². The number of fused-ring (bicyclic) bond motifs is 2. The fourth-order valence-electron chi connectivity index (χ4n) is 5.13. The maximum atomic E-state index is 11.4. The van der Waals surface area contributed by atoms with Crippen LogP contribution in [0.25, 0.3) is 0 Å². The van der Waals surface area contributed by atoms with Crippen LogP contribution in [0.15, 0.2) is 24.3 Å². The lowest BCUT2D eigenvalue weighted by molar-refractivity contribution is -0.979. The van der Waals surface area contributed by atoms with E-state index in [-0.39, 0.29) is 4.92 Å². The van der Waals surface area contributed by atoms with Crippen LogP contribution in [0.1, 0.15) is 50.5 Å². The largest absolute Gasteiger partial charge is 0.315 e. The fraction of sp³-hybridized carbons (Fsp3) is 0.667. The number of benzene rings is 1. The second-order valence-corrected chi connectivity index (χ2v) is 7.59. The summed E-state index contributed by atoms with van der Waals surface area (Å²) in [5.74, 6) is 0.879. The summed E-state index contributed by atoms with van der Waals surface area (Å²) in [5.41, 5.74) is 1.27. The van der Waals surface area contributed by atoms with Gasteiger partial charge in [0.2, 0.25) is 0 Å². The average molecular weight is 301 g/mol. The van der Waals surface area contributed by atoms with Gasteiger partial charge in [0.15, 0.2) is 0 Å². The standard InChI is InChI=1S/C18H25N2O2/c21-19(22)18-7-2-1-4-15(18)13-20(12-14-8-9-14)16-5-3-6-17(20)11-10-16/h1-2,4,7,14,16-17H,3,5-6,8-13H2/q+1. The van der Waals surface area contributed by atoms with Gasteiger partial charge in [-0.1, -0.05) is 12.1 Å². The number of quaternary nitrogens is 1. The van der Waals surface area contributed by atoms with Gasteiger partial charge in [-0.25, -0.2) is 0 Å². The second-order valence-electron chi connectivity index (χ2n) is 7.59. The summed E-state index contributed by atoms with van der Waals surface area (Å²) in [7, 11) is 0. The summed E-state index contributed by atoms with van der Waals surface area (Å²) in [4.78, 5) is 11.2. The highest BCUT2D eigenvalue weighted by Gasteiger charge is 2.53. The molecule has 3 aliphatic rings. The molecule has 0 aromatic heterocycles. The average Bonchev–Trinajstić information content (AvgIpc) is 3.28. The Bertz CT molecular complexity index is 566. The first-order valence-corrected chi connectivity index (χ1v) is 8.78. The van der Waals surface area contributed by atoms with Crippen LogP contribution in [0.5, 0.6) is 0 Å². The Morgan fingerprint density at radius 2 is 1.73 bits per heavy atom. The molecule has 0 amide bonds. The highest BCUT2D eigenvalue weighted by atomic mass is 16.6. The number of nitro groups is 1. The molecule has 0 spiro atoms. The summed E-state index contributed by atoms with van der Waals surface area (Å²) in [5, 5.41) is 11.4. The Labute approximate surface area is 131 Å². The summed E-state index contributed by atoms with van der Waals surface area (Å²) >= 11 is 0. The van der Waals surface area contributed by atoms with Crippen molar-refractivity contribution in [2.24, 2.45) is 5.92 Å². The van der Waals surface area contributed by atoms with Crippen molar-refractivity contribution in [1.29, 1.82) is 0 Å². The van der Waals surface area contributed by atoms with Crippen molar-refractivity contribution in [3.05, 3.63) is 39.9 Å². The molecule has 0 N–H and O–H groups in total. The van der Waals surface area contributed by atoms with Crippen molar-refractivity contribution < 1.29 is 9.41 Å². The van der Waals surface area contributed by atoms with E-state index in [1.54, 1.807) is 12.1 Å². The van der Waals surface area contributed by atoms with Crippen molar-refractivity contribution in [3.63, 3.8) is 0 Å². The number of rotatable bonds is 5. The van der Waals surface area contributed by atoms with Crippen LogP contribution in [-0.4, -0.2) is 28.0 Å². The molecule has 1 aromatic rings. The van der Waals surface area contributed by atoms with E-state index < -0.39 is 0 Å². The van der Waals surface area contributed by atoms with Crippen LogP contribution < -0.4 is 0 Å². The van der Waals surface area contributed by atoms with E-state index in [1.807, 2.05) is 12.1 Å². The number of hydrogen-bond acceptors (Lipinski definition) is 2. The molecule has 3 fully saturated rings. The van der Waals surface area contributed by atoms with E-state index in [4.69, 9.17) is 0 Å². The first-order chi connectivity index (χ1) is 10.7. The van der Waals surface area contributed by atoms with Crippen molar-refractivity contribution in [2.75, 3.05) is 6.54 Å². The predicted molar refractivity (Wildman–Crippen MR) is 85.3 cm³/mol. The molecule has 1 aromatic carbocycles. The van der Waals surface area contributed by atoms with Crippen LogP contribution in [-0.2, 0) is 6.54 Å². The third-order valence-electron chi connectivity index (χ3n) is 6.31. The zero-order valence-corrected chi connectivity index (χ0v) is 13.1. The Balaban J connectivity index is 1.69. The van der Waals surface area contributed by atoms with Gasteiger partial charge in [-0.2, -0.15) is 0 Å². The van der Waals surface area contributed by atoms with E-state index in [0.717, 1.165) is 34.6 Å². The molecular formula is C18H25N2O2+. The Kier molecular flexibility index (Phi) is 3.44. The van der Waals surface area contributed by atoms with Gasteiger partial charge in [-0.05, 0) is 38.2 Å². The Morgan fingerprint density at radius 1 is 1.05 bits per heavy atom. The van der Waals surface area contributed by atoms with Crippen LogP contribution in [0.3, 0.4) is 0 Å². The van der Waals surface area contributed by atoms with Crippen molar-refractivity contribution in [2.45, 2.75) is 63.6 Å². The lowest BCUT2D eigenvalue weighted by Crippen LogP contribution is -2.59. The SMILES string of the molecule is O=[N+]([O-])c1ccccc1C[N+]1(CC2CC2)C2CCCC1CC2. The molecule has 118 valence electrons. The maximum absolute atomic E-state index is 11.4. The molecule has 1 aliphatic carbocycles. The van der Waals surface area contributed by atoms with Crippen LogP contribution in [0.4, 0.5) is 5.69 Å². The summed E-state index contributed by atoms with van der Waals surface area (Å²) in [6, 6.07) is 8.91. The topological polar surface area (TPSA) is 43.1 Å². The smallest absolute Gasteiger partial charge is 0.278 e. The van der Waals surface area contributed by atoms with E-state index in [9.17, 15) is 10.1 Å². The van der Waals surface area contributed by atoms with Crippen LogP contribution >= 0.6 is 0 Å². The molecule has 1 saturated carbocycles. The van der Waals surface area contributed by atoms with Gasteiger partial charge in [0.1, 0.15) is 6.54 Å². The first-order valence-electron chi connectivity index (χ1n) is 8.78. The fourth-order valence-corrected chi connectivity index (χ4v) is 5.13.